The Hall–Kier alpha value is -1.56. The first kappa shape index (κ1) is 21.2. The lowest BCUT2D eigenvalue weighted by molar-refractivity contribution is 0.182. The van der Waals surface area contributed by atoms with Crippen LogP contribution in [0.1, 0.15) is 31.7 Å². The van der Waals surface area contributed by atoms with Crippen LogP contribution in [0.25, 0.3) is 0 Å². The maximum atomic E-state index is 5.43. The fraction of sp³-hybridized carbons (Fsp3) is 0.435. The van der Waals surface area contributed by atoms with Crippen LogP contribution >= 0.6 is 24.0 Å². The third kappa shape index (κ3) is 7.46. The van der Waals surface area contributed by atoms with Crippen LogP contribution in [0, 0.1) is 5.92 Å². The van der Waals surface area contributed by atoms with Crippen molar-refractivity contribution in [1.82, 2.24) is 10.2 Å². The molecular formula is C23H31N3S2. The molecule has 2 N–H and O–H groups in total. The van der Waals surface area contributed by atoms with E-state index in [-0.39, 0.29) is 0 Å². The molecule has 0 radical (unpaired) electrons. The molecule has 1 heterocycles. The minimum absolute atomic E-state index is 0.707. The van der Waals surface area contributed by atoms with Crippen LogP contribution < -0.4 is 10.6 Å². The molecule has 0 amide bonds. The lowest BCUT2D eigenvalue weighted by Gasteiger charge is -2.30. The van der Waals surface area contributed by atoms with Crippen molar-refractivity contribution in [3.05, 3.63) is 60.2 Å². The van der Waals surface area contributed by atoms with Gasteiger partial charge in [-0.15, -0.1) is 11.8 Å². The van der Waals surface area contributed by atoms with Gasteiger partial charge in [-0.2, -0.15) is 0 Å². The Kier molecular flexibility index (Phi) is 8.65. The summed E-state index contributed by atoms with van der Waals surface area (Å²) in [7, 11) is 0. The van der Waals surface area contributed by atoms with Crippen molar-refractivity contribution in [2.24, 2.45) is 5.92 Å². The molecule has 1 atom stereocenters. The number of nitrogens with zero attached hydrogens (tertiary/aromatic N) is 1. The molecule has 2 aromatic rings. The average Bonchev–Trinajstić information content (AvgIpc) is 2.72. The van der Waals surface area contributed by atoms with E-state index in [1.54, 1.807) is 0 Å². The van der Waals surface area contributed by atoms with Crippen LogP contribution in [-0.4, -0.2) is 36.2 Å². The predicted octanol–water partition coefficient (Wildman–Crippen LogP) is 5.39. The molecule has 150 valence electrons. The van der Waals surface area contributed by atoms with Gasteiger partial charge < -0.3 is 15.5 Å². The lowest BCUT2D eigenvalue weighted by atomic mass is 10.0. The number of benzene rings is 2. The van der Waals surface area contributed by atoms with Crippen molar-refractivity contribution in [2.75, 3.05) is 31.5 Å². The van der Waals surface area contributed by atoms with Crippen LogP contribution in [0.4, 0.5) is 5.69 Å². The Bertz CT molecular complexity index is 718. The molecule has 3 nitrogen and oxygen atoms in total. The molecule has 0 aromatic heterocycles. The summed E-state index contributed by atoms with van der Waals surface area (Å²) in [6.07, 6.45) is 3.85. The Morgan fingerprint density at radius 1 is 1.14 bits per heavy atom. The maximum Gasteiger partial charge on any atom is 0.170 e. The second-order valence-corrected chi connectivity index (χ2v) is 9.04. The first-order valence-corrected chi connectivity index (χ1v) is 11.6. The zero-order chi connectivity index (χ0) is 19.6. The fourth-order valence-corrected chi connectivity index (χ4v) is 4.63. The van der Waals surface area contributed by atoms with Crippen molar-refractivity contribution in [2.45, 2.75) is 36.8 Å². The average molecular weight is 414 g/mol. The second-order valence-electron chi connectivity index (χ2n) is 7.58. The van der Waals surface area contributed by atoms with Crippen molar-refractivity contribution < 1.29 is 0 Å². The number of nitrogens with one attached hydrogen (secondary N) is 2. The third-order valence-corrected chi connectivity index (χ3v) is 6.37. The number of thioether (sulfide) groups is 1. The van der Waals surface area contributed by atoms with E-state index < -0.39 is 0 Å². The van der Waals surface area contributed by atoms with E-state index in [2.05, 4.69) is 77.1 Å². The summed E-state index contributed by atoms with van der Waals surface area (Å²) in [5.74, 6) is 1.82. The SMILES string of the molecule is C[C@H]1CCCN(CCCNC(=S)Nc2ccc(CSc3ccccc3)cc2)C1. The number of hydrogen-bond donors (Lipinski definition) is 2. The van der Waals surface area contributed by atoms with Gasteiger partial charge in [-0.3, -0.25) is 0 Å². The van der Waals surface area contributed by atoms with E-state index in [1.807, 2.05) is 11.8 Å². The Morgan fingerprint density at radius 3 is 2.68 bits per heavy atom. The normalized spacial score (nSPS) is 17.2. The zero-order valence-electron chi connectivity index (χ0n) is 16.7. The van der Waals surface area contributed by atoms with E-state index in [4.69, 9.17) is 12.2 Å². The number of rotatable bonds is 8. The molecule has 0 bridgehead atoms. The molecule has 1 aliphatic rings. The molecule has 0 aliphatic carbocycles. The lowest BCUT2D eigenvalue weighted by Crippen LogP contribution is -2.37. The second kappa shape index (κ2) is 11.4. The van der Waals surface area contributed by atoms with Crippen LogP contribution in [-0.2, 0) is 5.75 Å². The summed E-state index contributed by atoms with van der Waals surface area (Å²) >= 11 is 7.29. The molecule has 0 saturated carbocycles. The van der Waals surface area contributed by atoms with Crippen molar-refractivity contribution in [3.8, 4) is 0 Å². The quantitative estimate of drug-likeness (QED) is 0.344. The highest BCUT2D eigenvalue weighted by Crippen LogP contribution is 2.23. The smallest absolute Gasteiger partial charge is 0.170 e. The molecule has 1 saturated heterocycles. The van der Waals surface area contributed by atoms with Crippen molar-refractivity contribution in [1.29, 1.82) is 0 Å². The van der Waals surface area contributed by atoms with Crippen LogP contribution in [0.2, 0.25) is 0 Å². The minimum Gasteiger partial charge on any atom is -0.362 e. The fourth-order valence-electron chi connectivity index (χ4n) is 3.54. The number of hydrogen-bond acceptors (Lipinski definition) is 3. The number of thiocarbonyl (C=S) groups is 1. The molecule has 3 rings (SSSR count). The van der Waals surface area contributed by atoms with E-state index >= 15 is 0 Å². The standard InChI is InChI=1S/C23H31N3S2/c1-19-7-5-15-26(17-19)16-6-14-24-23(27)25-21-12-10-20(11-13-21)18-28-22-8-3-2-4-9-22/h2-4,8-13,19H,5-7,14-18H2,1H3,(H2,24,25,27)/t19-/m0/s1. The van der Waals surface area contributed by atoms with Gasteiger partial charge in [0, 0.05) is 29.4 Å². The van der Waals surface area contributed by atoms with Crippen LogP contribution in [0.15, 0.2) is 59.5 Å². The van der Waals surface area contributed by atoms with E-state index in [1.165, 1.54) is 36.4 Å². The molecule has 1 fully saturated rings. The summed E-state index contributed by atoms with van der Waals surface area (Å²) in [5, 5.41) is 7.33. The van der Waals surface area contributed by atoms with Crippen LogP contribution in [0.5, 0.6) is 0 Å². The summed E-state index contributed by atoms with van der Waals surface area (Å²) in [5.41, 5.74) is 2.35. The summed E-state index contributed by atoms with van der Waals surface area (Å²) in [6, 6.07) is 19.0. The van der Waals surface area contributed by atoms with Gasteiger partial charge in [0.25, 0.3) is 0 Å². The molecule has 2 aromatic carbocycles. The van der Waals surface area contributed by atoms with E-state index in [0.29, 0.717) is 5.11 Å². The summed E-state index contributed by atoms with van der Waals surface area (Å²) in [4.78, 5) is 3.88. The first-order valence-electron chi connectivity index (χ1n) is 10.2. The third-order valence-electron chi connectivity index (χ3n) is 5.04. The molecule has 28 heavy (non-hydrogen) atoms. The Morgan fingerprint density at radius 2 is 1.93 bits per heavy atom. The van der Waals surface area contributed by atoms with Gasteiger partial charge in [0.1, 0.15) is 0 Å². The largest absolute Gasteiger partial charge is 0.362 e. The monoisotopic (exact) mass is 413 g/mol. The zero-order valence-corrected chi connectivity index (χ0v) is 18.3. The number of likely N-dealkylation sites (tertiary alicyclic amines) is 1. The number of piperidine rings is 1. The highest BCUT2D eigenvalue weighted by molar-refractivity contribution is 7.98. The van der Waals surface area contributed by atoms with E-state index in [0.717, 1.165) is 36.9 Å². The highest BCUT2D eigenvalue weighted by atomic mass is 32.2. The molecule has 0 spiro atoms. The molecule has 1 aliphatic heterocycles. The molecule has 0 unspecified atom stereocenters. The number of anilines is 1. The van der Waals surface area contributed by atoms with Crippen LogP contribution in [0.3, 0.4) is 0 Å². The Labute approximate surface area is 179 Å². The van der Waals surface area contributed by atoms with Crippen molar-refractivity contribution in [3.63, 3.8) is 0 Å². The summed E-state index contributed by atoms with van der Waals surface area (Å²) in [6.45, 7) is 6.94. The first-order chi connectivity index (χ1) is 13.7. The van der Waals surface area contributed by atoms with Gasteiger partial charge in [-0.25, -0.2) is 0 Å². The Balaban J connectivity index is 1.32. The van der Waals surface area contributed by atoms with Gasteiger partial charge in [0.2, 0.25) is 0 Å². The van der Waals surface area contributed by atoms with Gasteiger partial charge in [0.05, 0.1) is 0 Å². The van der Waals surface area contributed by atoms with Gasteiger partial charge >= 0.3 is 0 Å². The molecule has 5 heteroatoms. The van der Waals surface area contributed by atoms with Gasteiger partial charge in [0.15, 0.2) is 5.11 Å². The van der Waals surface area contributed by atoms with Gasteiger partial charge in [-0.05, 0) is 80.3 Å². The maximum absolute atomic E-state index is 5.43. The van der Waals surface area contributed by atoms with Gasteiger partial charge in [-0.1, -0.05) is 37.3 Å². The molecular weight excluding hydrogens is 382 g/mol. The van der Waals surface area contributed by atoms with Crippen molar-refractivity contribution >= 4 is 34.8 Å². The predicted molar refractivity (Wildman–Crippen MR) is 126 cm³/mol. The topological polar surface area (TPSA) is 27.3 Å². The van der Waals surface area contributed by atoms with E-state index in [9.17, 15) is 0 Å². The minimum atomic E-state index is 0.707. The summed E-state index contributed by atoms with van der Waals surface area (Å²) < 4.78 is 0. The highest BCUT2D eigenvalue weighted by Gasteiger charge is 2.15.